The van der Waals surface area contributed by atoms with Crippen molar-refractivity contribution in [2.75, 3.05) is 13.1 Å². The second kappa shape index (κ2) is 5.66. The fourth-order valence-electron chi connectivity index (χ4n) is 4.07. The van der Waals surface area contributed by atoms with E-state index in [9.17, 15) is 5.11 Å². The summed E-state index contributed by atoms with van der Waals surface area (Å²) in [5.74, 6) is 0. The van der Waals surface area contributed by atoms with E-state index in [1.807, 2.05) is 7.05 Å². The highest BCUT2D eigenvalue weighted by Gasteiger charge is 2.47. The van der Waals surface area contributed by atoms with Crippen molar-refractivity contribution in [3.05, 3.63) is 16.9 Å². The number of aryl methyl sites for hydroxylation is 1. The molecule has 1 aromatic heterocycles. The molecular weight excluding hydrogens is 274 g/mol. The average Bonchev–Trinajstić information content (AvgIpc) is 3.08. The maximum Gasteiger partial charge on any atom is 0.115 e. The molecule has 5 heteroatoms. The predicted molar refractivity (Wildman–Crippen MR) is 79.8 cm³/mol. The van der Waals surface area contributed by atoms with Crippen molar-refractivity contribution in [2.45, 2.75) is 56.6 Å². The van der Waals surface area contributed by atoms with Crippen LogP contribution in [0.25, 0.3) is 0 Å². The van der Waals surface area contributed by atoms with Crippen LogP contribution in [0.1, 0.15) is 56.7 Å². The summed E-state index contributed by atoms with van der Waals surface area (Å²) in [5, 5.41) is 15.9. The molecule has 3 rings (SSSR count). The van der Waals surface area contributed by atoms with Gasteiger partial charge in [0.25, 0.3) is 0 Å². The van der Waals surface area contributed by atoms with Crippen molar-refractivity contribution < 1.29 is 5.11 Å². The minimum Gasteiger partial charge on any atom is -0.385 e. The second-order valence-electron chi connectivity index (χ2n) is 6.26. The smallest absolute Gasteiger partial charge is 0.115 e. The van der Waals surface area contributed by atoms with Crippen LogP contribution >= 0.6 is 11.6 Å². The Kier molecular flexibility index (Phi) is 4.07. The van der Waals surface area contributed by atoms with Gasteiger partial charge in [-0.25, -0.2) is 0 Å². The lowest BCUT2D eigenvalue weighted by molar-refractivity contribution is -0.0440. The highest BCUT2D eigenvalue weighted by Crippen LogP contribution is 2.46. The van der Waals surface area contributed by atoms with Crippen molar-refractivity contribution in [1.82, 2.24) is 14.7 Å². The van der Waals surface area contributed by atoms with Gasteiger partial charge in [-0.2, -0.15) is 5.10 Å². The van der Waals surface area contributed by atoms with Gasteiger partial charge >= 0.3 is 0 Å². The molecule has 1 atom stereocenters. The summed E-state index contributed by atoms with van der Waals surface area (Å²) in [6, 6.07) is 0. The summed E-state index contributed by atoms with van der Waals surface area (Å²) < 4.78 is 1.73. The zero-order valence-electron chi connectivity index (χ0n) is 12.2. The molecule has 2 heterocycles. The predicted octanol–water partition coefficient (Wildman–Crippen LogP) is 2.91. The van der Waals surface area contributed by atoms with Crippen LogP contribution in [0.2, 0.25) is 5.02 Å². The normalized spacial score (nSPS) is 24.9. The maximum atomic E-state index is 11.1. The number of aliphatic hydroxyl groups is 1. The van der Waals surface area contributed by atoms with Crippen LogP contribution in [-0.2, 0) is 7.05 Å². The molecule has 2 aliphatic rings. The van der Waals surface area contributed by atoms with Crippen LogP contribution < -0.4 is 0 Å². The number of aromatic nitrogens is 2. The number of aliphatic hydroxyl groups excluding tert-OH is 1. The fourth-order valence-corrected chi connectivity index (χ4v) is 4.34. The molecule has 112 valence electrons. The monoisotopic (exact) mass is 297 g/mol. The van der Waals surface area contributed by atoms with Gasteiger partial charge in [-0.3, -0.25) is 9.58 Å². The van der Waals surface area contributed by atoms with Gasteiger partial charge in [-0.15, -0.1) is 0 Å². The summed E-state index contributed by atoms with van der Waals surface area (Å²) in [7, 11) is 1.86. The quantitative estimate of drug-likeness (QED) is 0.933. The van der Waals surface area contributed by atoms with Gasteiger partial charge in [-0.05, 0) is 38.8 Å². The lowest BCUT2D eigenvalue weighted by Crippen LogP contribution is -2.53. The Balaban J connectivity index is 1.93. The highest BCUT2D eigenvalue weighted by atomic mass is 35.5. The first kappa shape index (κ1) is 14.4. The van der Waals surface area contributed by atoms with Gasteiger partial charge in [0.2, 0.25) is 0 Å². The molecule has 1 N–H and O–H groups in total. The third-order valence-electron chi connectivity index (χ3n) is 5.16. The highest BCUT2D eigenvalue weighted by molar-refractivity contribution is 6.31. The first-order chi connectivity index (χ1) is 9.65. The minimum absolute atomic E-state index is 0.127. The number of piperidine rings is 1. The largest absolute Gasteiger partial charge is 0.385 e. The Labute approximate surface area is 125 Å². The van der Waals surface area contributed by atoms with Gasteiger partial charge in [0.1, 0.15) is 6.10 Å². The minimum atomic E-state index is -0.539. The third kappa shape index (κ3) is 2.28. The first-order valence-corrected chi connectivity index (χ1v) is 8.13. The third-order valence-corrected chi connectivity index (χ3v) is 5.45. The lowest BCUT2D eigenvalue weighted by atomic mass is 9.84. The summed E-state index contributed by atoms with van der Waals surface area (Å²) in [4.78, 5) is 2.53. The zero-order valence-corrected chi connectivity index (χ0v) is 12.9. The topological polar surface area (TPSA) is 41.3 Å². The number of likely N-dealkylation sites (tertiary alicyclic amines) is 1. The molecule has 1 aromatic rings. The second-order valence-corrected chi connectivity index (χ2v) is 6.67. The van der Waals surface area contributed by atoms with E-state index in [1.165, 1.54) is 32.1 Å². The molecule has 1 aliphatic heterocycles. The van der Waals surface area contributed by atoms with Crippen molar-refractivity contribution in [3.63, 3.8) is 0 Å². The van der Waals surface area contributed by atoms with Gasteiger partial charge in [0, 0.05) is 7.05 Å². The molecule has 20 heavy (non-hydrogen) atoms. The van der Waals surface area contributed by atoms with Crippen molar-refractivity contribution in [2.24, 2.45) is 7.05 Å². The molecule has 0 aromatic carbocycles. The first-order valence-electron chi connectivity index (χ1n) is 7.76. The SMILES string of the molecule is Cn1ncc(Cl)c1C(O)C1(N2CCCCC2)CCCC1. The van der Waals surface area contributed by atoms with Crippen LogP contribution in [0.4, 0.5) is 0 Å². The molecule has 1 unspecified atom stereocenters. The number of hydrogen-bond donors (Lipinski definition) is 1. The van der Waals surface area contributed by atoms with E-state index in [-0.39, 0.29) is 5.54 Å². The number of hydrogen-bond acceptors (Lipinski definition) is 3. The number of rotatable bonds is 3. The molecule has 0 radical (unpaired) electrons. The molecule has 0 bridgehead atoms. The van der Waals surface area contributed by atoms with Crippen molar-refractivity contribution >= 4 is 11.6 Å². The van der Waals surface area contributed by atoms with Crippen LogP contribution in [0, 0.1) is 0 Å². The standard InChI is InChI=1S/C15H24ClN3O/c1-18-13(12(16)11-17-18)14(20)15(7-3-4-8-15)19-9-5-2-6-10-19/h11,14,20H,2-10H2,1H3. The van der Waals surface area contributed by atoms with Gasteiger partial charge in [0.15, 0.2) is 0 Å². The Hall–Kier alpha value is -0.580. The molecule has 1 saturated carbocycles. The summed E-state index contributed by atoms with van der Waals surface area (Å²) in [6.45, 7) is 2.21. The average molecular weight is 298 g/mol. The molecule has 1 saturated heterocycles. The van der Waals surface area contributed by atoms with E-state index >= 15 is 0 Å². The lowest BCUT2D eigenvalue weighted by Gasteiger charge is -2.46. The molecule has 4 nitrogen and oxygen atoms in total. The molecular formula is C15H24ClN3O. The van der Waals surface area contributed by atoms with Gasteiger partial charge in [0.05, 0.1) is 22.5 Å². The number of nitrogens with zero attached hydrogens (tertiary/aromatic N) is 3. The van der Waals surface area contributed by atoms with E-state index in [0.717, 1.165) is 31.6 Å². The van der Waals surface area contributed by atoms with E-state index in [1.54, 1.807) is 10.9 Å². The van der Waals surface area contributed by atoms with Crippen molar-refractivity contribution in [1.29, 1.82) is 0 Å². The van der Waals surface area contributed by atoms with E-state index < -0.39 is 6.10 Å². The van der Waals surface area contributed by atoms with Crippen LogP contribution in [-0.4, -0.2) is 38.4 Å². The number of halogens is 1. The summed E-state index contributed by atoms with van der Waals surface area (Å²) >= 11 is 6.26. The Morgan fingerprint density at radius 1 is 1.20 bits per heavy atom. The van der Waals surface area contributed by atoms with Crippen LogP contribution in [0.3, 0.4) is 0 Å². The molecule has 0 spiro atoms. The van der Waals surface area contributed by atoms with Crippen LogP contribution in [0.15, 0.2) is 6.20 Å². The van der Waals surface area contributed by atoms with Crippen LogP contribution in [0.5, 0.6) is 0 Å². The Morgan fingerprint density at radius 2 is 1.85 bits per heavy atom. The Bertz CT molecular complexity index is 442. The van der Waals surface area contributed by atoms with Gasteiger partial charge in [-0.1, -0.05) is 30.9 Å². The van der Waals surface area contributed by atoms with E-state index in [0.29, 0.717) is 5.02 Å². The zero-order chi connectivity index (χ0) is 14.2. The van der Waals surface area contributed by atoms with E-state index in [2.05, 4.69) is 10.00 Å². The van der Waals surface area contributed by atoms with Crippen molar-refractivity contribution in [3.8, 4) is 0 Å². The van der Waals surface area contributed by atoms with E-state index in [4.69, 9.17) is 11.6 Å². The molecule has 2 fully saturated rings. The fraction of sp³-hybridized carbons (Fsp3) is 0.800. The Morgan fingerprint density at radius 3 is 2.40 bits per heavy atom. The van der Waals surface area contributed by atoms with Gasteiger partial charge < -0.3 is 5.11 Å². The summed E-state index contributed by atoms with van der Waals surface area (Å²) in [5.41, 5.74) is 0.650. The molecule has 1 aliphatic carbocycles. The molecule has 0 amide bonds. The summed E-state index contributed by atoms with van der Waals surface area (Å²) in [6.07, 6.45) is 9.43. The maximum absolute atomic E-state index is 11.1.